The van der Waals surface area contributed by atoms with Crippen molar-refractivity contribution in [3.63, 3.8) is 0 Å². The van der Waals surface area contributed by atoms with E-state index in [0.717, 1.165) is 4.31 Å². The molecule has 9 heteroatoms. The van der Waals surface area contributed by atoms with Crippen LogP contribution >= 0.6 is 0 Å². The summed E-state index contributed by atoms with van der Waals surface area (Å²) < 4.78 is 36.5. The van der Waals surface area contributed by atoms with Gasteiger partial charge in [-0.2, -0.15) is 0 Å². The molecule has 0 saturated carbocycles. The summed E-state index contributed by atoms with van der Waals surface area (Å²) in [6, 6.07) is 4.56. The van der Waals surface area contributed by atoms with E-state index in [9.17, 15) is 13.2 Å². The van der Waals surface area contributed by atoms with Crippen molar-refractivity contribution in [3.05, 3.63) is 18.2 Å². The van der Waals surface area contributed by atoms with Crippen LogP contribution in [0.2, 0.25) is 0 Å². The van der Waals surface area contributed by atoms with E-state index in [0.29, 0.717) is 25.4 Å². The molecule has 0 radical (unpaired) electrons. The molecule has 1 saturated heterocycles. The summed E-state index contributed by atoms with van der Waals surface area (Å²) in [6.07, 6.45) is 0.0966. The highest BCUT2D eigenvalue weighted by atomic mass is 32.2. The van der Waals surface area contributed by atoms with Crippen molar-refractivity contribution < 1.29 is 22.7 Å². The highest BCUT2D eigenvalue weighted by molar-refractivity contribution is 7.89. The van der Waals surface area contributed by atoms with Gasteiger partial charge in [0.2, 0.25) is 15.9 Å². The lowest BCUT2D eigenvalue weighted by Crippen LogP contribution is -2.44. The van der Waals surface area contributed by atoms with E-state index in [1.54, 1.807) is 6.07 Å². The Hall–Kier alpha value is -1.68. The predicted octanol–water partition coefficient (Wildman–Crippen LogP) is 0.605. The summed E-state index contributed by atoms with van der Waals surface area (Å²) in [5.41, 5.74) is 0.410. The molecule has 0 bridgehead atoms. The highest BCUT2D eigenvalue weighted by Crippen LogP contribution is 2.28. The van der Waals surface area contributed by atoms with Gasteiger partial charge in [0, 0.05) is 32.9 Å². The fraction of sp³-hybridized carbons (Fsp3) is 0.562. The van der Waals surface area contributed by atoms with E-state index < -0.39 is 10.0 Å². The van der Waals surface area contributed by atoms with Gasteiger partial charge in [0.15, 0.2) is 0 Å². The number of hydrogen-bond donors (Lipinski definition) is 1. The number of benzene rings is 1. The summed E-state index contributed by atoms with van der Waals surface area (Å²) in [5.74, 6) is 0.0289. The second-order valence-corrected chi connectivity index (χ2v) is 8.24. The van der Waals surface area contributed by atoms with Crippen molar-refractivity contribution in [3.8, 4) is 5.75 Å². The number of sulfonamides is 1. The lowest BCUT2D eigenvalue weighted by molar-refractivity contribution is -0.119. The average molecular weight is 371 g/mol. The monoisotopic (exact) mass is 371 g/mol. The zero-order valence-electron chi connectivity index (χ0n) is 15.0. The second-order valence-electron chi connectivity index (χ2n) is 6.12. The molecule has 1 amide bonds. The molecule has 1 aromatic rings. The highest BCUT2D eigenvalue weighted by Gasteiger charge is 2.23. The van der Waals surface area contributed by atoms with Crippen LogP contribution in [0.3, 0.4) is 0 Å². The van der Waals surface area contributed by atoms with Gasteiger partial charge in [-0.05, 0) is 25.1 Å². The van der Waals surface area contributed by atoms with Crippen LogP contribution < -0.4 is 10.1 Å². The zero-order chi connectivity index (χ0) is 18.6. The van der Waals surface area contributed by atoms with Crippen molar-refractivity contribution in [2.24, 2.45) is 0 Å². The number of carbonyl (C=O) groups is 1. The van der Waals surface area contributed by atoms with Gasteiger partial charge in [-0.25, -0.2) is 12.7 Å². The number of rotatable bonds is 6. The smallest absolute Gasteiger partial charge is 0.246 e. The molecular formula is C16H25N3O5S. The standard InChI is InChI=1S/C16H25N3O5S/c1-12-10-19(7-8-24-12)11-16(20)17-13-5-6-14(23-4)15(9-13)25(21,22)18(2)3/h5-6,9,12H,7-8,10-11H2,1-4H3,(H,17,20)/t12-/m0/s1. The van der Waals surface area contributed by atoms with Crippen LogP contribution in [-0.2, 0) is 19.6 Å². The molecule has 1 aliphatic rings. The van der Waals surface area contributed by atoms with Crippen molar-refractivity contribution in [2.45, 2.75) is 17.9 Å². The number of anilines is 1. The Morgan fingerprint density at radius 2 is 2.16 bits per heavy atom. The number of nitrogens with one attached hydrogen (secondary N) is 1. The number of hydrogen-bond acceptors (Lipinski definition) is 6. The predicted molar refractivity (Wildman–Crippen MR) is 94.4 cm³/mol. The van der Waals surface area contributed by atoms with Gasteiger partial charge in [0.25, 0.3) is 0 Å². The van der Waals surface area contributed by atoms with Gasteiger partial charge < -0.3 is 14.8 Å². The first-order chi connectivity index (χ1) is 11.7. The van der Waals surface area contributed by atoms with Gasteiger partial charge in [0.1, 0.15) is 10.6 Å². The first-order valence-electron chi connectivity index (χ1n) is 7.98. The van der Waals surface area contributed by atoms with Crippen LogP contribution in [0.1, 0.15) is 6.92 Å². The molecule has 8 nitrogen and oxygen atoms in total. The fourth-order valence-electron chi connectivity index (χ4n) is 2.59. The van der Waals surface area contributed by atoms with E-state index >= 15 is 0 Å². The normalized spacial score (nSPS) is 19.0. The van der Waals surface area contributed by atoms with Crippen molar-refractivity contribution in [1.82, 2.24) is 9.21 Å². The Morgan fingerprint density at radius 1 is 1.44 bits per heavy atom. The van der Waals surface area contributed by atoms with Crippen LogP contribution in [0.4, 0.5) is 5.69 Å². The number of methoxy groups -OCH3 is 1. The maximum absolute atomic E-state index is 12.4. The molecule has 1 N–H and O–H groups in total. The Morgan fingerprint density at radius 3 is 2.76 bits per heavy atom. The third-order valence-electron chi connectivity index (χ3n) is 3.90. The van der Waals surface area contributed by atoms with Crippen molar-refractivity contribution in [2.75, 3.05) is 52.8 Å². The molecule has 0 unspecified atom stereocenters. The summed E-state index contributed by atoms with van der Waals surface area (Å²) in [6.45, 7) is 4.18. The van der Waals surface area contributed by atoms with Crippen LogP contribution in [-0.4, -0.2) is 77.1 Å². The average Bonchev–Trinajstić information content (AvgIpc) is 2.54. The maximum Gasteiger partial charge on any atom is 0.246 e. The second kappa shape index (κ2) is 8.13. The number of morpholine rings is 1. The van der Waals surface area contributed by atoms with Gasteiger partial charge >= 0.3 is 0 Å². The van der Waals surface area contributed by atoms with Gasteiger partial charge in [0.05, 0.1) is 26.4 Å². The zero-order valence-corrected chi connectivity index (χ0v) is 15.8. The molecule has 140 valence electrons. The Kier molecular flexibility index (Phi) is 6.39. The summed E-state index contributed by atoms with van der Waals surface area (Å²) in [7, 11) is 0.610. The Bertz CT molecular complexity index is 720. The van der Waals surface area contributed by atoms with Crippen LogP contribution in [0, 0.1) is 0 Å². The molecular weight excluding hydrogens is 346 g/mol. The molecule has 2 rings (SSSR count). The lowest BCUT2D eigenvalue weighted by atomic mass is 10.2. The van der Waals surface area contributed by atoms with E-state index in [-0.39, 0.29) is 29.2 Å². The molecule has 1 atom stereocenters. The maximum atomic E-state index is 12.4. The van der Waals surface area contributed by atoms with E-state index in [1.165, 1.54) is 33.3 Å². The lowest BCUT2D eigenvalue weighted by Gasteiger charge is -2.30. The Balaban J connectivity index is 2.13. The molecule has 1 aromatic carbocycles. The van der Waals surface area contributed by atoms with E-state index in [2.05, 4.69) is 5.32 Å². The minimum Gasteiger partial charge on any atom is -0.495 e. The third-order valence-corrected chi connectivity index (χ3v) is 5.73. The number of nitrogens with zero attached hydrogens (tertiary/aromatic N) is 2. The molecule has 0 aliphatic carbocycles. The van der Waals surface area contributed by atoms with Crippen LogP contribution in [0.25, 0.3) is 0 Å². The largest absolute Gasteiger partial charge is 0.495 e. The van der Waals surface area contributed by atoms with Gasteiger partial charge in [-0.15, -0.1) is 0 Å². The minimum absolute atomic E-state index is 0.0118. The topological polar surface area (TPSA) is 88.2 Å². The molecule has 1 aliphatic heterocycles. The quantitative estimate of drug-likeness (QED) is 0.788. The van der Waals surface area contributed by atoms with Gasteiger partial charge in [-0.3, -0.25) is 9.69 Å². The van der Waals surface area contributed by atoms with Crippen LogP contribution in [0.15, 0.2) is 23.1 Å². The van der Waals surface area contributed by atoms with Gasteiger partial charge in [-0.1, -0.05) is 0 Å². The number of ether oxygens (including phenoxy) is 2. The van der Waals surface area contributed by atoms with Crippen molar-refractivity contribution >= 4 is 21.6 Å². The number of carbonyl (C=O) groups excluding carboxylic acids is 1. The van der Waals surface area contributed by atoms with E-state index in [4.69, 9.17) is 9.47 Å². The molecule has 0 aromatic heterocycles. The number of amides is 1. The molecule has 0 spiro atoms. The molecule has 1 fully saturated rings. The first-order valence-corrected chi connectivity index (χ1v) is 9.42. The Labute approximate surface area is 148 Å². The third kappa shape index (κ3) is 4.91. The summed E-state index contributed by atoms with van der Waals surface area (Å²) in [5, 5.41) is 2.75. The SMILES string of the molecule is COc1ccc(NC(=O)CN2CCO[C@@H](C)C2)cc1S(=O)(=O)N(C)C. The fourth-order valence-corrected chi connectivity index (χ4v) is 3.67. The van der Waals surface area contributed by atoms with E-state index in [1.807, 2.05) is 11.8 Å². The summed E-state index contributed by atoms with van der Waals surface area (Å²) in [4.78, 5) is 14.3. The first kappa shape index (κ1) is 19.6. The molecule has 25 heavy (non-hydrogen) atoms. The minimum atomic E-state index is -3.68. The van der Waals surface area contributed by atoms with Crippen molar-refractivity contribution in [1.29, 1.82) is 0 Å². The summed E-state index contributed by atoms with van der Waals surface area (Å²) >= 11 is 0. The molecule has 1 heterocycles. The van der Waals surface area contributed by atoms with Crippen LogP contribution in [0.5, 0.6) is 5.75 Å².